The number of piperazine rings is 1. The molecule has 1 aromatic carbocycles. The molecule has 3 rings (SSSR count). The Labute approximate surface area is 106 Å². The summed E-state index contributed by atoms with van der Waals surface area (Å²) in [5.74, 6) is 0.0964. The number of amides is 1. The lowest BCUT2D eigenvalue weighted by Gasteiger charge is -2.30. The minimum absolute atomic E-state index is 0.0964. The molecular formula is C13H15ClN2O. The first kappa shape index (κ1) is 11.1. The van der Waals surface area contributed by atoms with Gasteiger partial charge >= 0.3 is 0 Å². The number of fused-ring (bicyclic) bond motifs is 3. The van der Waals surface area contributed by atoms with Crippen LogP contribution in [0.2, 0.25) is 5.02 Å². The molecule has 3 nitrogen and oxygen atoms in total. The van der Waals surface area contributed by atoms with E-state index in [2.05, 4.69) is 18.3 Å². The fourth-order valence-corrected chi connectivity index (χ4v) is 3.08. The number of carbonyl (C=O) groups excluding carboxylic acids is 1. The van der Waals surface area contributed by atoms with Gasteiger partial charge in [-0.05, 0) is 23.6 Å². The number of aryl methyl sites for hydroxylation is 1. The number of benzene rings is 1. The van der Waals surface area contributed by atoms with Gasteiger partial charge in [-0.3, -0.25) is 4.79 Å². The molecule has 1 atom stereocenters. The van der Waals surface area contributed by atoms with Gasteiger partial charge < -0.3 is 10.2 Å². The molecule has 90 valence electrons. The Morgan fingerprint density at radius 2 is 2.35 bits per heavy atom. The van der Waals surface area contributed by atoms with E-state index in [1.807, 2.05) is 11.0 Å². The summed E-state index contributed by atoms with van der Waals surface area (Å²) in [6, 6.07) is 4.23. The average molecular weight is 251 g/mol. The Morgan fingerprint density at radius 3 is 3.12 bits per heavy atom. The van der Waals surface area contributed by atoms with E-state index in [-0.39, 0.29) is 11.9 Å². The van der Waals surface area contributed by atoms with E-state index >= 15 is 0 Å². The number of carbonyl (C=O) groups is 1. The average Bonchev–Trinajstić information content (AvgIpc) is 2.64. The van der Waals surface area contributed by atoms with Gasteiger partial charge in [-0.2, -0.15) is 0 Å². The third-order valence-corrected chi connectivity index (χ3v) is 3.96. The van der Waals surface area contributed by atoms with Crippen molar-refractivity contribution in [2.75, 3.05) is 19.6 Å². The molecule has 0 saturated carbocycles. The zero-order chi connectivity index (χ0) is 12.0. The Balaban J connectivity index is 2.14. The Morgan fingerprint density at radius 1 is 1.53 bits per heavy atom. The summed E-state index contributed by atoms with van der Waals surface area (Å²) in [5, 5.41) is 3.95. The van der Waals surface area contributed by atoms with Crippen LogP contribution in [0.4, 0.5) is 0 Å². The van der Waals surface area contributed by atoms with Crippen LogP contribution in [-0.2, 0) is 6.42 Å². The minimum atomic E-state index is 0.0964. The van der Waals surface area contributed by atoms with Crippen LogP contribution in [0.1, 0.15) is 34.5 Å². The monoisotopic (exact) mass is 250 g/mol. The second-order valence-corrected chi connectivity index (χ2v) is 5.02. The summed E-state index contributed by atoms with van der Waals surface area (Å²) < 4.78 is 0. The van der Waals surface area contributed by atoms with Gasteiger partial charge in [-0.25, -0.2) is 0 Å². The van der Waals surface area contributed by atoms with Gasteiger partial charge in [-0.15, -0.1) is 0 Å². The van der Waals surface area contributed by atoms with Crippen LogP contribution >= 0.6 is 11.6 Å². The van der Waals surface area contributed by atoms with Gasteiger partial charge in [0.15, 0.2) is 0 Å². The number of hydrogen-bond donors (Lipinski definition) is 1. The zero-order valence-electron chi connectivity index (χ0n) is 9.79. The third-order valence-electron chi connectivity index (χ3n) is 3.67. The highest BCUT2D eigenvalue weighted by atomic mass is 35.5. The Kier molecular flexibility index (Phi) is 2.60. The summed E-state index contributed by atoms with van der Waals surface area (Å²) in [6.45, 7) is 4.58. The van der Waals surface area contributed by atoms with Crippen LogP contribution in [-0.4, -0.2) is 30.4 Å². The normalized spacial score (nSPS) is 22.6. The standard InChI is InChI=1S/C13H15ClN2O/c1-2-8-5-9-11-7-15-3-4-16(11)13(17)12(9)10(14)6-8/h5-6,11,15H,2-4,7H2,1H3/t11-/m1/s1. The van der Waals surface area contributed by atoms with E-state index in [0.29, 0.717) is 5.02 Å². The van der Waals surface area contributed by atoms with Crippen molar-refractivity contribution >= 4 is 17.5 Å². The molecule has 1 amide bonds. The lowest BCUT2D eigenvalue weighted by Crippen LogP contribution is -2.44. The SMILES string of the molecule is CCc1cc(Cl)c2c(c1)[C@H]1CNCCN1C2=O. The maximum absolute atomic E-state index is 12.3. The van der Waals surface area contributed by atoms with Crippen molar-refractivity contribution in [1.82, 2.24) is 10.2 Å². The van der Waals surface area contributed by atoms with E-state index in [4.69, 9.17) is 11.6 Å². The van der Waals surface area contributed by atoms with Gasteiger partial charge in [0, 0.05) is 19.6 Å². The highest BCUT2D eigenvalue weighted by Crippen LogP contribution is 2.38. The number of hydrogen-bond acceptors (Lipinski definition) is 2. The van der Waals surface area contributed by atoms with E-state index in [1.165, 1.54) is 5.56 Å². The zero-order valence-corrected chi connectivity index (χ0v) is 10.5. The van der Waals surface area contributed by atoms with Crippen molar-refractivity contribution in [2.45, 2.75) is 19.4 Å². The molecule has 17 heavy (non-hydrogen) atoms. The molecule has 0 spiro atoms. The molecule has 0 bridgehead atoms. The summed E-state index contributed by atoms with van der Waals surface area (Å²) in [4.78, 5) is 14.2. The first-order valence-electron chi connectivity index (χ1n) is 6.06. The van der Waals surface area contributed by atoms with E-state index < -0.39 is 0 Å². The van der Waals surface area contributed by atoms with Crippen LogP contribution in [0.3, 0.4) is 0 Å². The van der Waals surface area contributed by atoms with Gasteiger partial charge in [0.2, 0.25) is 0 Å². The molecule has 1 saturated heterocycles. The van der Waals surface area contributed by atoms with Crippen molar-refractivity contribution in [1.29, 1.82) is 0 Å². The summed E-state index contributed by atoms with van der Waals surface area (Å²) in [7, 11) is 0. The number of nitrogens with one attached hydrogen (secondary N) is 1. The van der Waals surface area contributed by atoms with Gasteiger partial charge in [0.1, 0.15) is 0 Å². The van der Waals surface area contributed by atoms with Crippen molar-refractivity contribution in [3.05, 3.63) is 33.8 Å². The van der Waals surface area contributed by atoms with Crippen LogP contribution < -0.4 is 5.32 Å². The first-order chi connectivity index (χ1) is 8.22. The first-order valence-corrected chi connectivity index (χ1v) is 6.44. The molecular weight excluding hydrogens is 236 g/mol. The smallest absolute Gasteiger partial charge is 0.256 e. The van der Waals surface area contributed by atoms with E-state index in [9.17, 15) is 4.79 Å². The van der Waals surface area contributed by atoms with E-state index in [0.717, 1.165) is 37.2 Å². The third kappa shape index (κ3) is 1.57. The predicted molar refractivity (Wildman–Crippen MR) is 67.5 cm³/mol. The molecule has 2 aliphatic rings. The topological polar surface area (TPSA) is 32.3 Å². The van der Waals surface area contributed by atoms with E-state index in [1.54, 1.807) is 0 Å². The fraction of sp³-hybridized carbons (Fsp3) is 0.462. The lowest BCUT2D eigenvalue weighted by atomic mass is 9.99. The molecule has 0 aromatic heterocycles. The molecule has 1 fully saturated rings. The molecule has 2 heterocycles. The summed E-state index contributed by atoms with van der Waals surface area (Å²) in [6.07, 6.45) is 0.946. The van der Waals surface area contributed by atoms with Gasteiger partial charge in [0.05, 0.1) is 16.6 Å². The van der Waals surface area contributed by atoms with Gasteiger partial charge in [0.25, 0.3) is 5.91 Å². The van der Waals surface area contributed by atoms with Crippen LogP contribution in [0.15, 0.2) is 12.1 Å². The molecule has 1 N–H and O–H groups in total. The van der Waals surface area contributed by atoms with Crippen molar-refractivity contribution in [2.24, 2.45) is 0 Å². The minimum Gasteiger partial charge on any atom is -0.329 e. The highest BCUT2D eigenvalue weighted by Gasteiger charge is 2.39. The highest BCUT2D eigenvalue weighted by molar-refractivity contribution is 6.34. The van der Waals surface area contributed by atoms with Crippen molar-refractivity contribution < 1.29 is 4.79 Å². The number of rotatable bonds is 1. The van der Waals surface area contributed by atoms with Crippen LogP contribution in [0.25, 0.3) is 0 Å². The Hall–Kier alpha value is -1.06. The Bertz CT molecular complexity index is 487. The van der Waals surface area contributed by atoms with Crippen LogP contribution in [0.5, 0.6) is 0 Å². The lowest BCUT2D eigenvalue weighted by molar-refractivity contribution is 0.0691. The predicted octanol–water partition coefficient (Wildman–Crippen LogP) is 2.00. The summed E-state index contributed by atoms with van der Waals surface area (Å²) in [5.41, 5.74) is 3.03. The largest absolute Gasteiger partial charge is 0.329 e. The fourth-order valence-electron chi connectivity index (χ4n) is 2.75. The number of halogens is 1. The molecule has 4 heteroatoms. The van der Waals surface area contributed by atoms with Gasteiger partial charge in [-0.1, -0.05) is 24.6 Å². The van der Waals surface area contributed by atoms with Crippen molar-refractivity contribution in [3.63, 3.8) is 0 Å². The molecule has 0 radical (unpaired) electrons. The maximum atomic E-state index is 12.3. The molecule has 0 unspecified atom stereocenters. The van der Waals surface area contributed by atoms with Crippen molar-refractivity contribution in [3.8, 4) is 0 Å². The molecule has 0 aliphatic carbocycles. The summed E-state index contributed by atoms with van der Waals surface area (Å²) >= 11 is 6.25. The molecule has 2 aliphatic heterocycles. The number of nitrogens with zero attached hydrogens (tertiary/aromatic N) is 1. The maximum Gasteiger partial charge on any atom is 0.256 e. The molecule has 1 aromatic rings. The second-order valence-electron chi connectivity index (χ2n) is 4.61. The van der Waals surface area contributed by atoms with Crippen LogP contribution in [0, 0.1) is 0 Å². The second kappa shape index (κ2) is 4.00. The quantitative estimate of drug-likeness (QED) is 0.827.